The zero-order chi connectivity index (χ0) is 21.2. The molecule has 2 N–H and O–H groups in total. The largest absolute Gasteiger partial charge is 0.469 e. The van der Waals surface area contributed by atoms with Crippen molar-refractivity contribution < 1.29 is 4.42 Å². The van der Waals surface area contributed by atoms with Crippen molar-refractivity contribution in [3.63, 3.8) is 0 Å². The van der Waals surface area contributed by atoms with E-state index in [1.165, 1.54) is 16.4 Å². The van der Waals surface area contributed by atoms with Crippen molar-refractivity contribution in [3.8, 4) is 28.3 Å². The number of furan rings is 1. The standard InChI is InChI=1S/C23H20N6OS/c1-16-20(12-13-30-16)22-25-26-23(29(22)24)31-15-18-14-28(19-10-6-3-7-11-19)27-21(18)17-8-4-2-5-9-17/h2-14H,15,24H2,1H3. The highest BCUT2D eigenvalue weighted by Gasteiger charge is 2.18. The lowest BCUT2D eigenvalue weighted by Crippen LogP contribution is -2.11. The molecule has 0 saturated heterocycles. The number of nitrogen functional groups attached to an aromatic ring is 1. The number of para-hydroxylation sites is 1. The number of nitrogens with two attached hydrogens (primary N) is 1. The number of benzene rings is 2. The quantitative estimate of drug-likeness (QED) is 0.311. The summed E-state index contributed by atoms with van der Waals surface area (Å²) in [5.41, 5.74) is 4.94. The molecule has 0 aliphatic rings. The summed E-state index contributed by atoms with van der Waals surface area (Å²) >= 11 is 1.52. The maximum absolute atomic E-state index is 6.28. The van der Waals surface area contributed by atoms with Crippen molar-refractivity contribution in [2.24, 2.45) is 0 Å². The monoisotopic (exact) mass is 428 g/mol. The minimum absolute atomic E-state index is 0.581. The molecule has 0 fully saturated rings. The Bertz CT molecular complexity index is 1310. The number of thioether (sulfide) groups is 1. The van der Waals surface area contributed by atoms with Gasteiger partial charge in [0.2, 0.25) is 5.16 Å². The molecule has 0 radical (unpaired) electrons. The van der Waals surface area contributed by atoms with Gasteiger partial charge in [0.25, 0.3) is 0 Å². The highest BCUT2D eigenvalue weighted by molar-refractivity contribution is 7.98. The van der Waals surface area contributed by atoms with Crippen molar-refractivity contribution in [1.29, 1.82) is 0 Å². The topological polar surface area (TPSA) is 87.7 Å². The van der Waals surface area contributed by atoms with E-state index in [0.29, 0.717) is 16.7 Å². The molecule has 31 heavy (non-hydrogen) atoms. The molecule has 0 aliphatic heterocycles. The van der Waals surface area contributed by atoms with Crippen molar-refractivity contribution in [2.45, 2.75) is 17.8 Å². The fourth-order valence-corrected chi connectivity index (χ4v) is 4.21. The SMILES string of the molecule is Cc1occc1-c1nnc(SCc2cn(-c3ccccc3)nc2-c2ccccc2)n1N. The average molecular weight is 429 g/mol. The molecule has 5 rings (SSSR count). The van der Waals surface area contributed by atoms with Gasteiger partial charge in [-0.05, 0) is 25.1 Å². The van der Waals surface area contributed by atoms with Crippen LogP contribution in [0.15, 0.2) is 88.8 Å². The summed E-state index contributed by atoms with van der Waals surface area (Å²) in [6.07, 6.45) is 3.68. The zero-order valence-electron chi connectivity index (χ0n) is 16.8. The summed E-state index contributed by atoms with van der Waals surface area (Å²) in [7, 11) is 0. The molecule has 0 aliphatic carbocycles. The lowest BCUT2D eigenvalue weighted by molar-refractivity contribution is 0.535. The van der Waals surface area contributed by atoms with Gasteiger partial charge in [-0.3, -0.25) is 0 Å². The van der Waals surface area contributed by atoms with Crippen LogP contribution in [0.5, 0.6) is 0 Å². The van der Waals surface area contributed by atoms with Crippen LogP contribution in [0.2, 0.25) is 0 Å². The fourth-order valence-electron chi connectivity index (χ4n) is 3.39. The number of aromatic nitrogens is 5. The molecule has 0 spiro atoms. The first-order valence-corrected chi connectivity index (χ1v) is 10.8. The first-order chi connectivity index (χ1) is 15.2. The fraction of sp³-hybridized carbons (Fsp3) is 0.0870. The molecule has 0 unspecified atom stereocenters. The molecule has 7 nitrogen and oxygen atoms in total. The molecule has 2 aromatic carbocycles. The van der Waals surface area contributed by atoms with Gasteiger partial charge in [0, 0.05) is 23.1 Å². The molecule has 154 valence electrons. The summed E-state index contributed by atoms with van der Waals surface area (Å²) in [6.45, 7) is 1.88. The lowest BCUT2D eigenvalue weighted by atomic mass is 10.1. The van der Waals surface area contributed by atoms with Gasteiger partial charge in [0.1, 0.15) is 5.76 Å². The number of aryl methyl sites for hydroxylation is 1. The Morgan fingerprint density at radius 3 is 2.42 bits per heavy atom. The Morgan fingerprint density at radius 1 is 0.968 bits per heavy atom. The van der Waals surface area contributed by atoms with Gasteiger partial charge >= 0.3 is 0 Å². The Morgan fingerprint density at radius 2 is 1.71 bits per heavy atom. The zero-order valence-corrected chi connectivity index (χ0v) is 17.7. The van der Waals surface area contributed by atoms with Crippen LogP contribution in [0.25, 0.3) is 28.3 Å². The molecule has 3 heterocycles. The van der Waals surface area contributed by atoms with Gasteiger partial charge < -0.3 is 10.3 Å². The molecule has 0 atom stereocenters. The van der Waals surface area contributed by atoms with Gasteiger partial charge in [0.05, 0.1) is 23.2 Å². The number of hydrogen-bond acceptors (Lipinski definition) is 6. The maximum atomic E-state index is 6.28. The molecule has 3 aromatic heterocycles. The maximum Gasteiger partial charge on any atom is 0.210 e. The third-order valence-corrected chi connectivity index (χ3v) is 5.97. The van der Waals surface area contributed by atoms with Crippen LogP contribution in [0.1, 0.15) is 11.3 Å². The molecule has 0 bridgehead atoms. The third-order valence-electron chi connectivity index (χ3n) is 4.98. The van der Waals surface area contributed by atoms with Crippen LogP contribution in [0.3, 0.4) is 0 Å². The molecule has 5 aromatic rings. The Hall–Kier alpha value is -3.78. The minimum atomic E-state index is 0.581. The van der Waals surface area contributed by atoms with E-state index < -0.39 is 0 Å². The summed E-state index contributed by atoms with van der Waals surface area (Å²) in [4.78, 5) is 0. The van der Waals surface area contributed by atoms with Gasteiger partial charge in [-0.25, -0.2) is 9.36 Å². The highest BCUT2D eigenvalue weighted by Crippen LogP contribution is 2.31. The summed E-state index contributed by atoms with van der Waals surface area (Å²) in [6, 6.07) is 22.1. The van der Waals surface area contributed by atoms with Crippen molar-refractivity contribution in [3.05, 3.63) is 90.5 Å². The van der Waals surface area contributed by atoms with E-state index in [2.05, 4.69) is 28.5 Å². The predicted octanol–water partition coefficient (Wildman–Crippen LogP) is 4.71. The second kappa shape index (κ2) is 8.16. The Balaban J connectivity index is 1.46. The molecule has 0 amide bonds. The summed E-state index contributed by atoms with van der Waals surface area (Å²) < 4.78 is 8.78. The second-order valence-electron chi connectivity index (χ2n) is 7.00. The van der Waals surface area contributed by atoms with Crippen molar-refractivity contribution in [2.75, 3.05) is 5.84 Å². The van der Waals surface area contributed by atoms with E-state index in [4.69, 9.17) is 15.4 Å². The van der Waals surface area contributed by atoms with Gasteiger partial charge in [0.15, 0.2) is 5.82 Å². The van der Waals surface area contributed by atoms with Crippen LogP contribution in [-0.4, -0.2) is 24.7 Å². The van der Waals surface area contributed by atoms with Gasteiger partial charge in [-0.15, -0.1) is 10.2 Å². The van der Waals surface area contributed by atoms with E-state index in [-0.39, 0.29) is 0 Å². The molecular formula is C23H20N6OS. The molecule has 8 heteroatoms. The minimum Gasteiger partial charge on any atom is -0.469 e. The van der Waals surface area contributed by atoms with E-state index in [0.717, 1.165) is 33.8 Å². The number of rotatable bonds is 6. The second-order valence-corrected chi connectivity index (χ2v) is 7.95. The third kappa shape index (κ3) is 3.73. The normalized spacial score (nSPS) is 11.1. The highest BCUT2D eigenvalue weighted by atomic mass is 32.2. The molecule has 0 saturated carbocycles. The smallest absolute Gasteiger partial charge is 0.210 e. The average Bonchev–Trinajstić information content (AvgIpc) is 3.52. The van der Waals surface area contributed by atoms with Crippen LogP contribution >= 0.6 is 11.8 Å². The summed E-state index contributed by atoms with van der Waals surface area (Å²) in [5.74, 6) is 8.27. The van der Waals surface area contributed by atoms with Crippen molar-refractivity contribution >= 4 is 11.8 Å². The van der Waals surface area contributed by atoms with E-state index >= 15 is 0 Å². The van der Waals surface area contributed by atoms with Crippen LogP contribution in [-0.2, 0) is 5.75 Å². The first-order valence-electron chi connectivity index (χ1n) is 9.78. The van der Waals surface area contributed by atoms with E-state index in [1.807, 2.05) is 66.2 Å². The van der Waals surface area contributed by atoms with Crippen LogP contribution in [0, 0.1) is 6.92 Å². The summed E-state index contributed by atoms with van der Waals surface area (Å²) in [5, 5.41) is 14.0. The Kier molecular flexibility index (Phi) is 5.05. The Labute approximate surface area is 183 Å². The van der Waals surface area contributed by atoms with Crippen LogP contribution < -0.4 is 5.84 Å². The van der Waals surface area contributed by atoms with E-state index in [1.54, 1.807) is 6.26 Å². The van der Waals surface area contributed by atoms with Crippen LogP contribution in [0.4, 0.5) is 0 Å². The number of hydrogen-bond donors (Lipinski definition) is 1. The van der Waals surface area contributed by atoms with E-state index in [9.17, 15) is 0 Å². The van der Waals surface area contributed by atoms with Gasteiger partial charge in [-0.1, -0.05) is 60.3 Å². The lowest BCUT2D eigenvalue weighted by Gasteiger charge is -2.04. The number of nitrogens with zero attached hydrogens (tertiary/aromatic N) is 5. The first kappa shape index (κ1) is 19.2. The van der Waals surface area contributed by atoms with Crippen molar-refractivity contribution in [1.82, 2.24) is 24.7 Å². The predicted molar refractivity (Wildman–Crippen MR) is 121 cm³/mol. The van der Waals surface area contributed by atoms with Gasteiger partial charge in [-0.2, -0.15) is 5.10 Å². The molecular weight excluding hydrogens is 408 g/mol.